The molecule has 2 aromatic rings. The number of hydrogen-bond acceptors (Lipinski definition) is 4. The summed E-state index contributed by atoms with van der Waals surface area (Å²) in [5, 5.41) is 13.6. The zero-order valence-corrected chi connectivity index (χ0v) is 10.3. The van der Waals surface area contributed by atoms with E-state index in [0.29, 0.717) is 18.5 Å². The van der Waals surface area contributed by atoms with Crippen LogP contribution in [0, 0.1) is 0 Å². The summed E-state index contributed by atoms with van der Waals surface area (Å²) < 4.78 is 5.82. The Labute approximate surface area is 106 Å². The first kappa shape index (κ1) is 11.4. The van der Waals surface area contributed by atoms with E-state index in [1.165, 1.54) is 19.3 Å². The molecule has 3 rings (SSSR count). The molecule has 1 N–H and O–H groups in total. The highest BCUT2D eigenvalue weighted by atomic mass is 16.5. The molecule has 4 heteroatoms. The molecular formula is C14H17N3O. The van der Waals surface area contributed by atoms with E-state index in [2.05, 4.69) is 15.5 Å². The van der Waals surface area contributed by atoms with Crippen molar-refractivity contribution in [2.45, 2.75) is 25.3 Å². The minimum atomic E-state index is 0.444. The summed E-state index contributed by atoms with van der Waals surface area (Å²) in [4.78, 5) is 0. The molecule has 0 spiro atoms. The van der Waals surface area contributed by atoms with Gasteiger partial charge in [-0.1, -0.05) is 24.6 Å². The van der Waals surface area contributed by atoms with Crippen LogP contribution >= 0.6 is 0 Å². The molecule has 0 radical (unpaired) electrons. The molecule has 0 bridgehead atoms. The summed E-state index contributed by atoms with van der Waals surface area (Å²) in [5.41, 5.74) is 0. The Bertz CT molecular complexity index is 518. The molecule has 1 aliphatic rings. The van der Waals surface area contributed by atoms with E-state index in [1.54, 1.807) is 6.20 Å². The first-order valence-corrected chi connectivity index (χ1v) is 6.50. The van der Waals surface area contributed by atoms with Crippen molar-refractivity contribution in [2.24, 2.45) is 0 Å². The SMILES string of the molecule is c1ccc2c(OCC3CCCCN3)nncc2c1. The normalized spacial score (nSPS) is 19.9. The second kappa shape index (κ2) is 5.31. The maximum absolute atomic E-state index is 5.82. The molecule has 1 aromatic carbocycles. The number of fused-ring (bicyclic) bond motifs is 1. The smallest absolute Gasteiger partial charge is 0.241 e. The second-order valence-corrected chi connectivity index (χ2v) is 4.69. The summed E-state index contributed by atoms with van der Waals surface area (Å²) in [6, 6.07) is 8.48. The second-order valence-electron chi connectivity index (χ2n) is 4.69. The Balaban J connectivity index is 1.74. The highest BCUT2D eigenvalue weighted by Gasteiger charge is 2.14. The molecule has 1 aromatic heterocycles. The minimum absolute atomic E-state index is 0.444. The molecular weight excluding hydrogens is 226 g/mol. The Morgan fingerprint density at radius 3 is 3.11 bits per heavy atom. The van der Waals surface area contributed by atoms with Gasteiger partial charge in [-0.3, -0.25) is 0 Å². The maximum Gasteiger partial charge on any atom is 0.241 e. The van der Waals surface area contributed by atoms with Crippen LogP contribution < -0.4 is 10.1 Å². The summed E-state index contributed by atoms with van der Waals surface area (Å²) in [6.07, 6.45) is 5.49. The zero-order valence-electron chi connectivity index (χ0n) is 10.3. The van der Waals surface area contributed by atoms with Crippen molar-refractivity contribution in [3.8, 4) is 5.88 Å². The third kappa shape index (κ3) is 2.43. The van der Waals surface area contributed by atoms with E-state index < -0.39 is 0 Å². The quantitative estimate of drug-likeness (QED) is 0.897. The molecule has 4 nitrogen and oxygen atoms in total. The lowest BCUT2D eigenvalue weighted by Gasteiger charge is -2.23. The average molecular weight is 243 g/mol. The topological polar surface area (TPSA) is 47.0 Å². The maximum atomic E-state index is 5.82. The van der Waals surface area contributed by atoms with Crippen LogP contribution in [-0.4, -0.2) is 29.4 Å². The van der Waals surface area contributed by atoms with Crippen molar-refractivity contribution >= 4 is 10.8 Å². The third-order valence-corrected chi connectivity index (χ3v) is 3.37. The molecule has 2 heterocycles. The highest BCUT2D eigenvalue weighted by molar-refractivity contribution is 5.85. The van der Waals surface area contributed by atoms with Gasteiger partial charge in [-0.2, -0.15) is 5.10 Å². The fourth-order valence-corrected chi connectivity index (χ4v) is 2.35. The van der Waals surface area contributed by atoms with E-state index in [9.17, 15) is 0 Å². The molecule has 1 unspecified atom stereocenters. The van der Waals surface area contributed by atoms with Crippen molar-refractivity contribution in [3.05, 3.63) is 30.5 Å². The van der Waals surface area contributed by atoms with Gasteiger partial charge in [-0.25, -0.2) is 0 Å². The minimum Gasteiger partial charge on any atom is -0.475 e. The van der Waals surface area contributed by atoms with Gasteiger partial charge in [0.1, 0.15) is 6.61 Å². The lowest BCUT2D eigenvalue weighted by atomic mass is 10.1. The van der Waals surface area contributed by atoms with E-state index in [0.717, 1.165) is 17.3 Å². The Morgan fingerprint density at radius 1 is 1.28 bits per heavy atom. The van der Waals surface area contributed by atoms with Crippen LogP contribution in [0.2, 0.25) is 0 Å². The number of benzene rings is 1. The van der Waals surface area contributed by atoms with Gasteiger partial charge in [0, 0.05) is 16.8 Å². The van der Waals surface area contributed by atoms with Gasteiger partial charge in [0.15, 0.2) is 0 Å². The van der Waals surface area contributed by atoms with Gasteiger partial charge >= 0.3 is 0 Å². The lowest BCUT2D eigenvalue weighted by Crippen LogP contribution is -2.38. The predicted octanol–water partition coefficient (Wildman–Crippen LogP) is 2.15. The van der Waals surface area contributed by atoms with Crippen molar-refractivity contribution in [1.29, 1.82) is 0 Å². The van der Waals surface area contributed by atoms with Crippen LogP contribution in [0.5, 0.6) is 5.88 Å². The number of ether oxygens (including phenoxy) is 1. The Kier molecular flexibility index (Phi) is 3.37. The van der Waals surface area contributed by atoms with Crippen molar-refractivity contribution in [2.75, 3.05) is 13.2 Å². The molecule has 0 amide bonds. The predicted molar refractivity (Wildman–Crippen MR) is 70.7 cm³/mol. The zero-order chi connectivity index (χ0) is 12.2. The fourth-order valence-electron chi connectivity index (χ4n) is 2.35. The molecule has 1 atom stereocenters. The standard InChI is InChI=1S/C14H17N3O/c1-2-7-13-11(5-1)9-16-17-14(13)18-10-12-6-3-4-8-15-12/h1-2,5,7,9,12,15H,3-4,6,8,10H2. The molecule has 1 saturated heterocycles. The first-order chi connectivity index (χ1) is 8.93. The first-order valence-electron chi connectivity index (χ1n) is 6.50. The summed E-state index contributed by atoms with van der Waals surface area (Å²) in [6.45, 7) is 1.76. The Hall–Kier alpha value is -1.68. The largest absolute Gasteiger partial charge is 0.475 e. The van der Waals surface area contributed by atoms with Crippen LogP contribution in [0.4, 0.5) is 0 Å². The number of rotatable bonds is 3. The summed E-state index contributed by atoms with van der Waals surface area (Å²) in [7, 11) is 0. The van der Waals surface area contributed by atoms with E-state index in [1.807, 2.05) is 24.3 Å². The number of piperidine rings is 1. The monoisotopic (exact) mass is 243 g/mol. The van der Waals surface area contributed by atoms with Crippen LogP contribution in [0.3, 0.4) is 0 Å². The van der Waals surface area contributed by atoms with E-state index in [-0.39, 0.29) is 0 Å². The van der Waals surface area contributed by atoms with Crippen molar-refractivity contribution in [1.82, 2.24) is 15.5 Å². The molecule has 18 heavy (non-hydrogen) atoms. The van der Waals surface area contributed by atoms with Crippen LogP contribution in [0.25, 0.3) is 10.8 Å². The van der Waals surface area contributed by atoms with Gasteiger partial charge in [0.25, 0.3) is 0 Å². The molecule has 1 fully saturated rings. The summed E-state index contributed by atoms with van der Waals surface area (Å²) in [5.74, 6) is 0.639. The number of nitrogens with zero attached hydrogens (tertiary/aromatic N) is 2. The van der Waals surface area contributed by atoms with Gasteiger partial charge in [0.2, 0.25) is 5.88 Å². The van der Waals surface area contributed by atoms with Crippen LogP contribution in [0.15, 0.2) is 30.5 Å². The number of hydrogen-bond donors (Lipinski definition) is 1. The molecule has 0 aliphatic carbocycles. The lowest BCUT2D eigenvalue weighted by molar-refractivity contribution is 0.232. The fraction of sp³-hybridized carbons (Fsp3) is 0.429. The molecule has 1 aliphatic heterocycles. The van der Waals surface area contributed by atoms with Crippen LogP contribution in [0.1, 0.15) is 19.3 Å². The van der Waals surface area contributed by atoms with Gasteiger partial charge in [0.05, 0.1) is 6.20 Å². The molecule has 94 valence electrons. The van der Waals surface area contributed by atoms with E-state index in [4.69, 9.17) is 4.74 Å². The highest BCUT2D eigenvalue weighted by Crippen LogP contribution is 2.21. The average Bonchev–Trinajstić information content (AvgIpc) is 2.46. The summed E-state index contributed by atoms with van der Waals surface area (Å²) >= 11 is 0. The van der Waals surface area contributed by atoms with Crippen LogP contribution in [-0.2, 0) is 0 Å². The number of aromatic nitrogens is 2. The number of nitrogens with one attached hydrogen (secondary N) is 1. The van der Waals surface area contributed by atoms with Crippen molar-refractivity contribution < 1.29 is 4.74 Å². The van der Waals surface area contributed by atoms with Gasteiger partial charge in [-0.05, 0) is 25.5 Å². The van der Waals surface area contributed by atoms with E-state index >= 15 is 0 Å². The van der Waals surface area contributed by atoms with Gasteiger partial charge < -0.3 is 10.1 Å². The third-order valence-electron chi connectivity index (χ3n) is 3.37. The van der Waals surface area contributed by atoms with Gasteiger partial charge in [-0.15, -0.1) is 5.10 Å². The molecule has 0 saturated carbocycles. The Morgan fingerprint density at radius 2 is 2.22 bits per heavy atom. The van der Waals surface area contributed by atoms with Crippen molar-refractivity contribution in [3.63, 3.8) is 0 Å².